The Balaban J connectivity index is 2.36. The smallest absolute Gasteiger partial charge is 0.445 e. The minimum atomic E-state index is -2.46. The lowest BCUT2D eigenvalue weighted by atomic mass is 10.2. The zero-order valence-corrected chi connectivity index (χ0v) is 13.5. The summed E-state index contributed by atoms with van der Waals surface area (Å²) in [6.07, 6.45) is 1.43. The fourth-order valence-electron chi connectivity index (χ4n) is 1.57. The Hall–Kier alpha value is -0.970. The first-order valence-corrected chi connectivity index (χ1v) is 8.72. The summed E-state index contributed by atoms with van der Waals surface area (Å²) in [7, 11) is -2.46. The van der Waals surface area contributed by atoms with Crippen molar-refractivity contribution >= 4 is 30.1 Å². The van der Waals surface area contributed by atoms with Gasteiger partial charge in [0.05, 0.1) is 0 Å². The fraction of sp³-hybridized carbons (Fsp3) is 0.462. The average molecular weight is 363 g/mol. The van der Waals surface area contributed by atoms with Crippen molar-refractivity contribution in [1.29, 1.82) is 0 Å². The van der Waals surface area contributed by atoms with Gasteiger partial charge in [-0.25, -0.2) is 4.79 Å². The SMILES string of the molecule is O=C(NC(CCCCBr)[P+](=O)O)OCc1ccccc1. The van der Waals surface area contributed by atoms with E-state index in [9.17, 15) is 14.3 Å². The number of amides is 1. The first-order valence-electron chi connectivity index (χ1n) is 6.32. The van der Waals surface area contributed by atoms with Crippen molar-refractivity contribution in [2.24, 2.45) is 0 Å². The van der Waals surface area contributed by atoms with Gasteiger partial charge in [-0.2, -0.15) is 4.89 Å². The summed E-state index contributed by atoms with van der Waals surface area (Å²) in [4.78, 5) is 20.8. The summed E-state index contributed by atoms with van der Waals surface area (Å²) < 4.78 is 16.2. The summed E-state index contributed by atoms with van der Waals surface area (Å²) in [5.41, 5.74) is 0.867. The maximum Gasteiger partial charge on any atom is 0.530 e. The molecule has 0 aromatic heterocycles. The lowest BCUT2D eigenvalue weighted by Crippen LogP contribution is -2.32. The Morgan fingerprint density at radius 3 is 2.65 bits per heavy atom. The van der Waals surface area contributed by atoms with Crippen molar-refractivity contribution < 1.29 is 19.0 Å². The minimum Gasteiger partial charge on any atom is -0.445 e. The predicted octanol–water partition coefficient (Wildman–Crippen LogP) is 3.54. The molecule has 0 spiro atoms. The molecule has 1 aromatic rings. The Labute approximate surface area is 127 Å². The van der Waals surface area contributed by atoms with E-state index in [0.29, 0.717) is 6.42 Å². The van der Waals surface area contributed by atoms with E-state index in [-0.39, 0.29) is 6.61 Å². The van der Waals surface area contributed by atoms with Crippen LogP contribution in [0.4, 0.5) is 4.79 Å². The highest BCUT2D eigenvalue weighted by atomic mass is 79.9. The minimum absolute atomic E-state index is 0.142. The summed E-state index contributed by atoms with van der Waals surface area (Å²) in [6, 6.07) is 9.26. The highest BCUT2D eigenvalue weighted by molar-refractivity contribution is 9.09. The summed E-state index contributed by atoms with van der Waals surface area (Å²) >= 11 is 3.29. The van der Waals surface area contributed by atoms with Crippen molar-refractivity contribution in [3.05, 3.63) is 35.9 Å². The number of hydrogen-bond acceptors (Lipinski definition) is 3. The molecule has 0 aliphatic rings. The molecule has 110 valence electrons. The van der Waals surface area contributed by atoms with Gasteiger partial charge in [-0.3, -0.25) is 5.32 Å². The normalized spacial score (nSPS) is 12.6. The predicted molar refractivity (Wildman–Crippen MR) is 81.0 cm³/mol. The molecule has 1 rings (SSSR count). The molecule has 0 aliphatic carbocycles. The van der Waals surface area contributed by atoms with E-state index >= 15 is 0 Å². The second-order valence-electron chi connectivity index (χ2n) is 4.21. The first kappa shape index (κ1) is 17.1. The van der Waals surface area contributed by atoms with Crippen LogP contribution >= 0.6 is 24.0 Å². The molecular weight excluding hydrogens is 345 g/mol. The Morgan fingerprint density at radius 2 is 2.05 bits per heavy atom. The number of benzene rings is 1. The van der Waals surface area contributed by atoms with Crippen LogP contribution in [0.2, 0.25) is 0 Å². The molecule has 1 amide bonds. The Morgan fingerprint density at radius 1 is 1.35 bits per heavy atom. The van der Waals surface area contributed by atoms with Crippen LogP contribution in [0.5, 0.6) is 0 Å². The number of alkyl carbamates (subject to hydrolysis) is 1. The number of carbonyl (C=O) groups is 1. The number of nitrogens with one attached hydrogen (secondary N) is 1. The van der Waals surface area contributed by atoms with Gasteiger partial charge in [-0.15, -0.1) is 0 Å². The van der Waals surface area contributed by atoms with Gasteiger partial charge in [-0.1, -0.05) is 46.3 Å². The Kier molecular flexibility index (Phi) is 8.42. The Bertz CT molecular complexity index is 430. The highest BCUT2D eigenvalue weighted by Crippen LogP contribution is 2.25. The number of unbranched alkanes of at least 4 members (excludes halogenated alkanes) is 1. The molecule has 1 aromatic carbocycles. The molecule has 0 saturated heterocycles. The van der Waals surface area contributed by atoms with Crippen LogP contribution in [0.3, 0.4) is 0 Å². The molecule has 5 nitrogen and oxygen atoms in total. The summed E-state index contributed by atoms with van der Waals surface area (Å²) in [5, 5.41) is 3.27. The molecular formula is C13H18BrNO4P+. The van der Waals surface area contributed by atoms with Crippen molar-refractivity contribution in [2.45, 2.75) is 31.7 Å². The third-order valence-corrected chi connectivity index (χ3v) is 4.11. The summed E-state index contributed by atoms with van der Waals surface area (Å²) in [5.74, 6) is -0.757. The molecule has 0 fully saturated rings. The van der Waals surface area contributed by atoms with Crippen LogP contribution in [-0.2, 0) is 15.9 Å². The zero-order valence-electron chi connectivity index (χ0n) is 11.0. The lowest BCUT2D eigenvalue weighted by molar-refractivity contribution is 0.137. The second kappa shape index (κ2) is 9.86. The van der Waals surface area contributed by atoms with E-state index in [1.165, 1.54) is 0 Å². The van der Waals surface area contributed by atoms with Crippen molar-refractivity contribution in [3.63, 3.8) is 0 Å². The number of alkyl halides is 1. The van der Waals surface area contributed by atoms with Crippen LogP contribution in [0, 0.1) is 0 Å². The van der Waals surface area contributed by atoms with Gasteiger partial charge in [0, 0.05) is 11.8 Å². The number of halogens is 1. The van der Waals surface area contributed by atoms with Crippen LogP contribution in [0.15, 0.2) is 30.3 Å². The van der Waals surface area contributed by atoms with Gasteiger partial charge in [-0.05, 0) is 23.0 Å². The van der Waals surface area contributed by atoms with Gasteiger partial charge in [0.25, 0.3) is 5.78 Å². The molecule has 2 unspecified atom stereocenters. The fourth-order valence-corrected chi connectivity index (χ4v) is 2.59. The maximum absolute atomic E-state index is 11.6. The number of rotatable bonds is 8. The van der Waals surface area contributed by atoms with Crippen molar-refractivity contribution in [3.8, 4) is 0 Å². The van der Waals surface area contributed by atoms with Gasteiger partial charge >= 0.3 is 14.1 Å². The van der Waals surface area contributed by atoms with Crippen LogP contribution in [-0.4, -0.2) is 22.1 Å². The standard InChI is InChI=1S/C13H17BrNO4P/c14-9-5-4-8-12(20(17)18)15-13(16)19-10-11-6-2-1-3-7-11/h1-3,6-7,12H,4-5,8-10H2,(H-,15,16,17,18)/p+1. The quantitative estimate of drug-likeness (QED) is 0.421. The molecule has 0 heterocycles. The molecule has 7 heteroatoms. The molecule has 0 saturated carbocycles. The van der Waals surface area contributed by atoms with Crippen molar-refractivity contribution in [1.82, 2.24) is 5.32 Å². The second-order valence-corrected chi connectivity index (χ2v) is 6.23. The van der Waals surface area contributed by atoms with E-state index in [4.69, 9.17) is 4.74 Å². The third-order valence-electron chi connectivity index (χ3n) is 2.63. The highest BCUT2D eigenvalue weighted by Gasteiger charge is 2.30. The third kappa shape index (κ3) is 6.98. The van der Waals surface area contributed by atoms with Crippen LogP contribution in [0.1, 0.15) is 24.8 Å². The number of ether oxygens (including phenoxy) is 1. The van der Waals surface area contributed by atoms with E-state index in [1.807, 2.05) is 30.3 Å². The van der Waals surface area contributed by atoms with E-state index < -0.39 is 19.9 Å². The molecule has 0 bridgehead atoms. The summed E-state index contributed by atoms with van der Waals surface area (Å²) in [6.45, 7) is 0.142. The van der Waals surface area contributed by atoms with Gasteiger partial charge in [0.2, 0.25) is 0 Å². The van der Waals surface area contributed by atoms with E-state index in [0.717, 1.165) is 23.7 Å². The molecule has 20 heavy (non-hydrogen) atoms. The number of carbonyl (C=O) groups excluding carboxylic acids is 1. The number of hydrogen-bond donors (Lipinski definition) is 2. The zero-order chi connectivity index (χ0) is 14.8. The van der Waals surface area contributed by atoms with Crippen LogP contribution in [0.25, 0.3) is 0 Å². The van der Waals surface area contributed by atoms with Gasteiger partial charge in [0.15, 0.2) is 0 Å². The molecule has 2 atom stereocenters. The topological polar surface area (TPSA) is 75.6 Å². The largest absolute Gasteiger partial charge is 0.530 e. The van der Waals surface area contributed by atoms with Crippen LogP contribution < -0.4 is 5.32 Å². The molecule has 0 aliphatic heterocycles. The van der Waals surface area contributed by atoms with Crippen molar-refractivity contribution in [2.75, 3.05) is 5.33 Å². The molecule has 0 radical (unpaired) electrons. The van der Waals surface area contributed by atoms with E-state index in [2.05, 4.69) is 21.2 Å². The first-order chi connectivity index (χ1) is 9.63. The monoisotopic (exact) mass is 362 g/mol. The molecule has 2 N–H and O–H groups in total. The maximum atomic E-state index is 11.6. The lowest BCUT2D eigenvalue weighted by Gasteiger charge is -2.09. The average Bonchev–Trinajstić information content (AvgIpc) is 2.45. The van der Waals surface area contributed by atoms with Gasteiger partial charge in [0.1, 0.15) is 6.61 Å². The van der Waals surface area contributed by atoms with E-state index in [1.54, 1.807) is 0 Å². The van der Waals surface area contributed by atoms with Gasteiger partial charge < -0.3 is 4.74 Å².